The molecule has 4 saturated heterocycles. The molecule has 0 atom stereocenters. The lowest BCUT2D eigenvalue weighted by Gasteiger charge is -2.41. The molecule has 0 spiro atoms. The van der Waals surface area contributed by atoms with E-state index in [1.165, 1.54) is 0 Å². The fraction of sp³-hybridized carbons (Fsp3) is 0.818. The average molecular weight is 1030 g/mol. The zero-order valence-electron chi connectivity index (χ0n) is 46.2. The van der Waals surface area contributed by atoms with Gasteiger partial charge in [-0.3, -0.25) is 0 Å². The van der Waals surface area contributed by atoms with E-state index in [2.05, 4.69) is 47.4 Å². The minimum atomic E-state index is -0.635. The van der Waals surface area contributed by atoms with Crippen LogP contribution in [0, 0.1) is 32.5 Å². The monoisotopic (exact) mass is 1030 g/mol. The van der Waals surface area contributed by atoms with Gasteiger partial charge in [-0.2, -0.15) is 0 Å². The Morgan fingerprint density at radius 3 is 1.00 bits per heavy atom. The van der Waals surface area contributed by atoms with Crippen molar-refractivity contribution in [2.45, 2.75) is 127 Å². The van der Waals surface area contributed by atoms with Gasteiger partial charge in [0.25, 0.3) is 11.9 Å². The van der Waals surface area contributed by atoms with Crippen LogP contribution < -0.4 is 0 Å². The van der Waals surface area contributed by atoms with Crippen LogP contribution in [0.1, 0.15) is 108 Å². The van der Waals surface area contributed by atoms with Crippen molar-refractivity contribution in [1.29, 1.82) is 0 Å². The van der Waals surface area contributed by atoms with E-state index >= 15 is 0 Å². The molecular formula is C55H100O17. The fourth-order valence-corrected chi connectivity index (χ4v) is 7.34. The Labute approximate surface area is 434 Å². The third-order valence-electron chi connectivity index (χ3n) is 14.3. The van der Waals surface area contributed by atoms with Crippen LogP contribution in [0.15, 0.2) is 62.0 Å². The number of rotatable bonds is 29. The number of aliphatic hydroxyl groups excluding tert-OH is 4. The molecule has 0 saturated carbocycles. The van der Waals surface area contributed by atoms with Crippen molar-refractivity contribution in [3.05, 3.63) is 62.0 Å². The van der Waals surface area contributed by atoms with Crippen LogP contribution in [0.2, 0.25) is 0 Å². The van der Waals surface area contributed by atoms with Gasteiger partial charge in [0, 0.05) is 34.9 Å². The highest BCUT2D eigenvalue weighted by atomic mass is 16.7. The summed E-state index contributed by atoms with van der Waals surface area (Å²) in [6.45, 7) is 39.7. The number of hydrogen-bond acceptors (Lipinski definition) is 17. The van der Waals surface area contributed by atoms with Crippen molar-refractivity contribution in [2.75, 3.05) is 132 Å². The molecule has 4 aliphatic heterocycles. The van der Waals surface area contributed by atoms with Crippen molar-refractivity contribution >= 4 is 0 Å². The summed E-state index contributed by atoms with van der Waals surface area (Å²) in [5, 5.41) is 37.0. The van der Waals surface area contributed by atoms with Crippen LogP contribution in [0.4, 0.5) is 0 Å². The van der Waals surface area contributed by atoms with Gasteiger partial charge in [-0.25, -0.2) is 0 Å². The van der Waals surface area contributed by atoms with Crippen molar-refractivity contribution in [3.63, 3.8) is 0 Å². The fourth-order valence-electron chi connectivity index (χ4n) is 7.34. The zero-order chi connectivity index (χ0) is 54.0. The molecule has 17 nitrogen and oxygen atoms in total. The first-order valence-corrected chi connectivity index (χ1v) is 26.2. The molecule has 4 fully saturated rings. The van der Waals surface area contributed by atoms with E-state index < -0.39 is 10.8 Å². The zero-order valence-corrected chi connectivity index (χ0v) is 46.2. The number of hydrogen-bond donors (Lipinski definition) is 4. The lowest BCUT2D eigenvalue weighted by Crippen LogP contribution is -2.47. The van der Waals surface area contributed by atoms with Gasteiger partial charge in [0.2, 0.25) is 0 Å². The van der Waals surface area contributed by atoms with E-state index in [4.69, 9.17) is 61.6 Å². The Balaban J connectivity index is 0.000000503. The first kappa shape index (κ1) is 67.4. The summed E-state index contributed by atoms with van der Waals surface area (Å²) in [7, 11) is 0. The second kappa shape index (κ2) is 36.4. The molecule has 4 N–H and O–H groups in total. The summed E-state index contributed by atoms with van der Waals surface area (Å²) in [5.41, 5.74) is -1.60. The van der Waals surface area contributed by atoms with Gasteiger partial charge in [-0.1, -0.05) is 61.3 Å². The standard InChI is InChI=1S/2C18H30O5.C12H26O5.C7H14O2/c2*1-5-15-20-11-17(7-3,12-21-15)9-19-10-18(8-4)13-22-16(6-2)23-14-18;1-3-11(5-13,6-14)9-17-10-12(4-2,7-15)8-16;1-4-7(8-5-2)9-6-3/h5-6H,7-14H2,1-4H3;5-6,15-16H,1-2,7-14H2,3-4H3;13-16H,3-10H2,1-2H3;4,7H,1,5-6H2,2-3H3. The second-order valence-corrected chi connectivity index (χ2v) is 19.6. The molecule has 0 aromatic heterocycles. The van der Waals surface area contributed by atoms with Crippen LogP contribution in [-0.4, -0.2) is 171 Å². The van der Waals surface area contributed by atoms with Crippen LogP contribution in [0.25, 0.3) is 0 Å². The molecule has 0 aliphatic carbocycles. The maximum atomic E-state index is 9.24. The quantitative estimate of drug-likeness (QED) is 0.0416. The summed E-state index contributed by atoms with van der Waals surface area (Å²) >= 11 is 0. The number of aliphatic hydroxyl groups is 4. The molecule has 0 amide bonds. The van der Waals surface area contributed by atoms with E-state index in [-0.39, 0.29) is 80.2 Å². The van der Waals surface area contributed by atoms with E-state index in [9.17, 15) is 20.4 Å². The summed E-state index contributed by atoms with van der Waals surface area (Å²) in [6, 6.07) is 0. The van der Waals surface area contributed by atoms with Gasteiger partial charge in [0.1, 0.15) is 26.4 Å². The van der Waals surface area contributed by atoms with E-state index in [0.717, 1.165) is 25.7 Å². The van der Waals surface area contributed by atoms with Crippen LogP contribution in [0.5, 0.6) is 0 Å². The Kier molecular flexibility index (Phi) is 34.1. The minimum Gasteiger partial charge on any atom is -0.465 e. The molecule has 4 rings (SSSR count). The van der Waals surface area contributed by atoms with Gasteiger partial charge in [-0.15, -0.1) is 0 Å². The molecule has 72 heavy (non-hydrogen) atoms. The van der Waals surface area contributed by atoms with Gasteiger partial charge >= 0.3 is 0 Å². The van der Waals surface area contributed by atoms with Gasteiger partial charge < -0.3 is 82.0 Å². The molecule has 4 aliphatic rings. The number of ether oxygens (including phenoxy) is 13. The van der Waals surface area contributed by atoms with Crippen molar-refractivity contribution in [3.8, 4) is 0 Å². The number of allylic oxidation sites excluding steroid dienone is 2. The van der Waals surface area contributed by atoms with Crippen molar-refractivity contribution in [2.24, 2.45) is 32.5 Å². The summed E-state index contributed by atoms with van der Waals surface area (Å²) in [6.07, 6.45) is 12.9. The minimum absolute atomic E-state index is 0.0771. The van der Waals surface area contributed by atoms with Gasteiger partial charge in [0.05, 0.1) is 103 Å². The third kappa shape index (κ3) is 22.3. The van der Waals surface area contributed by atoms with Crippen LogP contribution in [-0.2, 0) is 61.6 Å². The van der Waals surface area contributed by atoms with Gasteiger partial charge in [0.15, 0.2) is 18.9 Å². The molecular weight excluding hydrogens is 933 g/mol. The van der Waals surface area contributed by atoms with Crippen LogP contribution >= 0.6 is 0 Å². The highest BCUT2D eigenvalue weighted by molar-refractivity contribution is 4.93. The van der Waals surface area contributed by atoms with Gasteiger partial charge in [-0.05, 0) is 96.6 Å². The van der Waals surface area contributed by atoms with Crippen molar-refractivity contribution in [1.82, 2.24) is 0 Å². The lowest BCUT2D eigenvalue weighted by atomic mass is 9.85. The summed E-state index contributed by atoms with van der Waals surface area (Å²) in [5.74, 6) is 1.24. The molecule has 0 unspecified atom stereocenters. The summed E-state index contributed by atoms with van der Waals surface area (Å²) < 4.78 is 73.1. The normalized spacial score (nSPS) is 26.3. The molecule has 17 heteroatoms. The van der Waals surface area contributed by atoms with E-state index in [1.807, 2.05) is 53.7 Å². The lowest BCUT2D eigenvalue weighted by molar-refractivity contribution is -0.237. The van der Waals surface area contributed by atoms with E-state index in [1.54, 1.807) is 18.2 Å². The first-order valence-electron chi connectivity index (χ1n) is 26.2. The molecule has 0 bridgehead atoms. The molecule has 0 aromatic rings. The topological polar surface area (TPSA) is 201 Å². The Morgan fingerprint density at radius 2 is 0.792 bits per heavy atom. The highest BCUT2D eigenvalue weighted by Crippen LogP contribution is 2.35. The molecule has 0 aromatic carbocycles. The highest BCUT2D eigenvalue weighted by Gasteiger charge is 2.41. The molecule has 0 radical (unpaired) electrons. The SMILES string of the molecule is C=CC(OCC)OCC.C=CC1OCC(CC)(COCC2(CC)COC(C=C)OC2)CO1.CC=C1OCC(CC)(COCC2(CC)COC(=CC)OC2)CO1.CCC(CO)(CO)COCC(CC)(CO)CO. The maximum absolute atomic E-state index is 9.24. The summed E-state index contributed by atoms with van der Waals surface area (Å²) in [4.78, 5) is 0. The Hall–Kier alpha value is -2.62. The largest absolute Gasteiger partial charge is 0.465 e. The average Bonchev–Trinajstić information content (AvgIpc) is 3.44. The van der Waals surface area contributed by atoms with Crippen LogP contribution in [0.3, 0.4) is 0 Å². The Bertz CT molecular complexity index is 1340. The van der Waals surface area contributed by atoms with Crippen molar-refractivity contribution < 1.29 is 82.0 Å². The molecule has 422 valence electrons. The Morgan fingerprint density at radius 1 is 0.500 bits per heavy atom. The van der Waals surface area contributed by atoms with E-state index in [0.29, 0.717) is 117 Å². The smallest absolute Gasteiger partial charge is 0.274 e. The molecule has 4 heterocycles. The first-order chi connectivity index (χ1) is 34.6. The maximum Gasteiger partial charge on any atom is 0.274 e. The predicted octanol–water partition coefficient (Wildman–Crippen LogP) is 7.86. The second-order valence-electron chi connectivity index (χ2n) is 19.6. The third-order valence-corrected chi connectivity index (χ3v) is 14.3. The predicted molar refractivity (Wildman–Crippen MR) is 277 cm³/mol.